The van der Waals surface area contributed by atoms with Crippen LogP contribution in [0.1, 0.15) is 19.4 Å². The Kier molecular flexibility index (Phi) is 8.81. The molecule has 3 N–H and O–H groups in total. The van der Waals surface area contributed by atoms with Crippen LogP contribution in [0.5, 0.6) is 5.88 Å². The number of ether oxygens (including phenoxy) is 2. The van der Waals surface area contributed by atoms with E-state index >= 15 is 0 Å². The van der Waals surface area contributed by atoms with Gasteiger partial charge in [-0.2, -0.15) is 21.8 Å². The molecule has 1 atom stereocenters. The minimum absolute atomic E-state index is 0.110. The number of H-pyrrole nitrogens is 1. The van der Waals surface area contributed by atoms with Gasteiger partial charge in [0.2, 0.25) is 11.8 Å². The van der Waals surface area contributed by atoms with Gasteiger partial charge in [0.25, 0.3) is 31.7 Å². The van der Waals surface area contributed by atoms with Crippen LogP contribution in [0.2, 0.25) is 0 Å². The van der Waals surface area contributed by atoms with Crippen molar-refractivity contribution in [1.82, 2.24) is 9.78 Å². The maximum atomic E-state index is 13.1. The van der Waals surface area contributed by atoms with Crippen molar-refractivity contribution in [3.05, 3.63) is 82.7 Å². The molecule has 2 aromatic carbocycles. The number of amides is 1. The first-order valence-electron chi connectivity index (χ1n) is 12.4. The molecule has 3 aromatic rings. The molecule has 0 radical (unpaired) electrons. The number of rotatable bonds is 10. The second-order valence-corrected chi connectivity index (χ2v) is 11.5. The van der Waals surface area contributed by atoms with Crippen LogP contribution in [0.15, 0.2) is 86.4 Å². The largest absolute Gasteiger partial charge is 0.479 e. The summed E-state index contributed by atoms with van der Waals surface area (Å²) in [7, 11) is -8.80. The minimum atomic E-state index is -4.40. The van der Waals surface area contributed by atoms with E-state index in [-0.39, 0.29) is 46.0 Å². The van der Waals surface area contributed by atoms with Gasteiger partial charge in [-0.05, 0) is 68.5 Å². The highest BCUT2D eigenvalue weighted by Gasteiger charge is 2.36. The number of carbonyl (C=O) groups is 1. The molecule has 1 unspecified atom stereocenters. The van der Waals surface area contributed by atoms with Gasteiger partial charge in [-0.15, -0.1) is 5.10 Å². The lowest BCUT2D eigenvalue weighted by Gasteiger charge is -2.12. The number of allylic oxidation sites excluding steroid dienone is 2. The van der Waals surface area contributed by atoms with E-state index in [9.17, 15) is 35.5 Å². The number of hydrazone groups is 1. The lowest BCUT2D eigenvalue weighted by molar-refractivity contribution is -0.118. The van der Waals surface area contributed by atoms with Crippen LogP contribution in [-0.4, -0.2) is 60.7 Å². The molecule has 1 aliphatic heterocycles. The highest BCUT2D eigenvalue weighted by atomic mass is 32.2. The third kappa shape index (κ3) is 6.52. The van der Waals surface area contributed by atoms with E-state index in [4.69, 9.17) is 9.47 Å². The van der Waals surface area contributed by atoms with E-state index in [2.05, 4.69) is 10.2 Å². The number of anilines is 1. The molecule has 2 heterocycles. The smallest absolute Gasteiger partial charge is 0.294 e. The lowest BCUT2D eigenvalue weighted by atomic mass is 10.1. The Labute approximate surface area is 240 Å². The summed E-state index contributed by atoms with van der Waals surface area (Å²) in [6, 6.07) is 9.91. The first-order valence-corrected chi connectivity index (χ1v) is 15.3. The number of nitrogens with zero attached hydrogens (tertiary/aromatic N) is 3. The van der Waals surface area contributed by atoms with Crippen LogP contribution in [0, 0.1) is 5.92 Å². The van der Waals surface area contributed by atoms with Gasteiger partial charge in [0.05, 0.1) is 34.4 Å². The lowest BCUT2D eigenvalue weighted by Crippen LogP contribution is -2.26. The molecule has 1 aliphatic rings. The zero-order chi connectivity index (χ0) is 30.7. The van der Waals surface area contributed by atoms with Gasteiger partial charge in [0.15, 0.2) is 0 Å². The summed E-state index contributed by atoms with van der Waals surface area (Å²) in [6.45, 7) is 3.92. The number of hydrogen-bond donors (Lipinski definition) is 3. The van der Waals surface area contributed by atoms with Gasteiger partial charge in [-0.25, -0.2) is 4.68 Å². The average molecular weight is 619 g/mol. The molecule has 16 heteroatoms. The number of benzene rings is 2. The first-order chi connectivity index (χ1) is 19.8. The van der Waals surface area contributed by atoms with Crippen LogP contribution < -0.4 is 15.3 Å². The fraction of sp³-hybridized carbons (Fsp3) is 0.192. The van der Waals surface area contributed by atoms with Gasteiger partial charge in [0, 0.05) is 0 Å². The van der Waals surface area contributed by atoms with E-state index in [1.807, 2.05) is 0 Å². The van der Waals surface area contributed by atoms with Crippen molar-refractivity contribution in [2.45, 2.75) is 23.6 Å². The molecular formula is C26H26N4O10S2. The van der Waals surface area contributed by atoms with Gasteiger partial charge < -0.3 is 9.47 Å². The average Bonchev–Trinajstić information content (AvgIpc) is 3.41. The molecule has 1 aromatic heterocycles. The number of carbonyl (C=O) groups excluding carboxylic acids is 1. The molecule has 0 bridgehead atoms. The summed E-state index contributed by atoms with van der Waals surface area (Å²) < 4.78 is 75.9. The van der Waals surface area contributed by atoms with E-state index in [1.165, 1.54) is 48.6 Å². The molecule has 4 rings (SSSR count). The Bertz CT molecular complexity index is 1840. The molecule has 222 valence electrons. The van der Waals surface area contributed by atoms with Crippen LogP contribution >= 0.6 is 0 Å². The summed E-state index contributed by atoms with van der Waals surface area (Å²) in [5, 5.41) is 8.08. The summed E-state index contributed by atoms with van der Waals surface area (Å²) >= 11 is 0. The third-order valence-corrected chi connectivity index (χ3v) is 7.60. The molecular weight excluding hydrogens is 592 g/mol. The molecule has 0 fully saturated rings. The normalized spacial score (nSPS) is 16.0. The standard InChI is InChI=1S/C26H26N4O10S2/c1-3-39-23-21(25(31)29(27-23)17-9-13-19(14-10-17)41(33,34)35)7-5-6-8-22-24(40-4-2)28-30(26(22)32)18-11-15-20(16-12-18)42(36,37)38/h5-16,21,28H,3-4H2,1-2H3,(H,33,34,35)(H,36,37,38). The van der Waals surface area contributed by atoms with Crippen molar-refractivity contribution in [3.8, 4) is 11.6 Å². The number of nitrogens with one attached hydrogen (secondary N) is 1. The molecule has 42 heavy (non-hydrogen) atoms. The highest BCUT2D eigenvalue weighted by Crippen LogP contribution is 2.27. The third-order valence-electron chi connectivity index (χ3n) is 5.86. The predicted octanol–water partition coefficient (Wildman–Crippen LogP) is 2.64. The maximum absolute atomic E-state index is 13.1. The summed E-state index contributed by atoms with van der Waals surface area (Å²) in [5.41, 5.74) is 0.199. The number of hydrogen-bond acceptors (Lipinski definition) is 9. The monoisotopic (exact) mass is 618 g/mol. The Morgan fingerprint density at radius 2 is 1.40 bits per heavy atom. The van der Waals surface area contributed by atoms with Crippen molar-refractivity contribution < 1.29 is 40.2 Å². The molecule has 14 nitrogen and oxygen atoms in total. The summed E-state index contributed by atoms with van der Waals surface area (Å²) in [5.74, 6) is -1.13. The van der Waals surface area contributed by atoms with Crippen molar-refractivity contribution in [3.63, 3.8) is 0 Å². The quantitative estimate of drug-likeness (QED) is 0.224. The fourth-order valence-electron chi connectivity index (χ4n) is 3.93. The van der Waals surface area contributed by atoms with E-state index in [1.54, 1.807) is 13.8 Å². The second kappa shape index (κ2) is 12.2. The van der Waals surface area contributed by atoms with Crippen molar-refractivity contribution >= 4 is 43.8 Å². The van der Waals surface area contributed by atoms with E-state index < -0.39 is 37.6 Å². The number of aromatic amines is 1. The Hall–Kier alpha value is -4.51. The highest BCUT2D eigenvalue weighted by molar-refractivity contribution is 7.86. The zero-order valence-electron chi connectivity index (χ0n) is 22.2. The molecule has 0 aliphatic carbocycles. The van der Waals surface area contributed by atoms with Crippen molar-refractivity contribution in [1.29, 1.82) is 0 Å². The molecule has 0 saturated carbocycles. The first kappa shape index (κ1) is 30.4. The van der Waals surface area contributed by atoms with Gasteiger partial charge >= 0.3 is 0 Å². The number of aromatic nitrogens is 2. The topological polar surface area (TPSA) is 198 Å². The SMILES string of the molecule is CCOC1=NN(c2ccc(S(=O)(=O)O)cc2)C(=O)C1C=CC=Cc1c(OCC)[nH]n(-c2ccc(S(=O)(=O)O)cc2)c1=O. The zero-order valence-corrected chi connectivity index (χ0v) is 23.9. The van der Waals surface area contributed by atoms with Gasteiger partial charge in [-0.1, -0.05) is 18.2 Å². The Morgan fingerprint density at radius 3 is 1.93 bits per heavy atom. The Morgan fingerprint density at radius 1 is 0.857 bits per heavy atom. The second-order valence-electron chi connectivity index (χ2n) is 8.61. The van der Waals surface area contributed by atoms with Crippen LogP contribution in [-0.2, 0) is 29.8 Å². The summed E-state index contributed by atoms with van der Waals surface area (Å²) in [6.07, 6.45) is 6.01. The maximum Gasteiger partial charge on any atom is 0.294 e. The van der Waals surface area contributed by atoms with Gasteiger partial charge in [-0.3, -0.25) is 23.8 Å². The molecule has 0 spiro atoms. The fourth-order valence-corrected chi connectivity index (χ4v) is 4.89. The van der Waals surface area contributed by atoms with Crippen molar-refractivity contribution in [2.75, 3.05) is 18.2 Å². The Balaban J connectivity index is 1.58. The van der Waals surface area contributed by atoms with Crippen LogP contribution in [0.25, 0.3) is 11.8 Å². The van der Waals surface area contributed by atoms with E-state index in [0.717, 1.165) is 34.0 Å². The van der Waals surface area contributed by atoms with Gasteiger partial charge in [0.1, 0.15) is 11.5 Å². The van der Waals surface area contributed by atoms with Crippen LogP contribution in [0.3, 0.4) is 0 Å². The van der Waals surface area contributed by atoms with Crippen molar-refractivity contribution in [2.24, 2.45) is 11.0 Å². The van der Waals surface area contributed by atoms with Crippen LogP contribution in [0.4, 0.5) is 5.69 Å². The molecule has 1 amide bonds. The predicted molar refractivity (Wildman–Crippen MR) is 152 cm³/mol. The molecule has 0 saturated heterocycles. The minimum Gasteiger partial charge on any atom is -0.479 e. The van der Waals surface area contributed by atoms with E-state index in [0.29, 0.717) is 5.69 Å². The summed E-state index contributed by atoms with van der Waals surface area (Å²) in [4.78, 5) is 25.6.